The number of piperidine rings is 3. The number of ether oxygens (including phenoxy) is 6. The largest absolute Gasteiger partial charge is 1.00 e. The molecule has 17 atom stereocenters. The Labute approximate surface area is 793 Å². The Balaban J connectivity index is 0.0000235. The molecule has 8 fully saturated rings. The van der Waals surface area contributed by atoms with Crippen molar-refractivity contribution in [2.24, 2.45) is 40.4 Å². The zero-order valence-electron chi connectivity index (χ0n) is 78.0. The van der Waals surface area contributed by atoms with E-state index < -0.39 is 140 Å². The number of fused-ring (bicyclic) bond motifs is 1. The van der Waals surface area contributed by atoms with Crippen molar-refractivity contribution in [2.45, 2.75) is 337 Å². The summed E-state index contributed by atoms with van der Waals surface area (Å²) in [6.07, 6.45) is 3.81. The molecule has 7 saturated heterocycles. The fourth-order valence-corrected chi connectivity index (χ4v) is 20.8. The normalized spacial score (nSPS) is 27.6. The third kappa shape index (κ3) is 35.2. The summed E-state index contributed by atoms with van der Waals surface area (Å²) in [4.78, 5) is 152. The number of unbranched alkanes of at least 4 members (excludes halogenated alkanes) is 11. The quantitative estimate of drug-likeness (QED) is 0.0203. The molecule has 15 unspecified atom stereocenters. The molecule has 1 saturated carbocycles. The first-order valence-electron chi connectivity index (χ1n) is 48.4. The molecule has 0 radical (unpaired) electrons. The van der Waals surface area contributed by atoms with Crippen molar-refractivity contribution in [1.29, 1.82) is 0 Å². The number of nitrogens with one attached hydrogen (secondary N) is 7. The zero-order chi connectivity index (χ0) is 94.3. The monoisotopic (exact) mass is 1870 g/mol. The van der Waals surface area contributed by atoms with E-state index in [2.05, 4.69) is 37.2 Å². The van der Waals surface area contributed by atoms with Crippen LogP contribution in [0.2, 0.25) is 0 Å². The molecule has 40 heteroatoms. The minimum atomic E-state index is -1.44. The van der Waals surface area contributed by atoms with E-state index in [0.29, 0.717) is 271 Å². The summed E-state index contributed by atoms with van der Waals surface area (Å²) in [6, 6.07) is -3.21. The second kappa shape index (κ2) is 58.9. The van der Waals surface area contributed by atoms with Crippen LogP contribution in [0.4, 0.5) is 0 Å². The van der Waals surface area contributed by atoms with Gasteiger partial charge in [-0.3, -0.25) is 52.7 Å². The number of aliphatic hydroxyl groups excluding tert-OH is 10. The Morgan fingerprint density at radius 1 is 0.366 bits per heavy atom. The van der Waals surface area contributed by atoms with Crippen molar-refractivity contribution >= 4 is 65.0 Å². The average Bonchev–Trinajstić information content (AvgIpc) is 1.50. The number of rotatable bonds is 56. The van der Waals surface area contributed by atoms with Gasteiger partial charge in [-0.15, -0.1) is 6.61 Å². The van der Waals surface area contributed by atoms with Crippen LogP contribution in [-0.2, 0) is 81.2 Å². The number of aliphatic hydroxyl groups is 10. The summed E-state index contributed by atoms with van der Waals surface area (Å²) in [5.74, 6) is -0.934. The van der Waals surface area contributed by atoms with Gasteiger partial charge in [-0.2, -0.15) is 0 Å². The van der Waals surface area contributed by atoms with E-state index in [1.807, 2.05) is 19.6 Å². The number of nitrogens with zero attached hydrogens (tertiary/aromatic N) is 4. The molecule has 39 nitrogen and oxygen atoms in total. The number of hydrogen-bond acceptors (Lipinski definition) is 28. The van der Waals surface area contributed by atoms with Crippen LogP contribution in [-0.4, -0.2) is 359 Å². The molecule has 744 valence electrons. The Morgan fingerprint density at radius 3 is 0.893 bits per heavy atom. The fourth-order valence-electron chi connectivity index (χ4n) is 20.8. The van der Waals surface area contributed by atoms with Crippen molar-refractivity contribution in [1.82, 2.24) is 56.8 Å². The van der Waals surface area contributed by atoms with Crippen LogP contribution in [0.1, 0.15) is 245 Å². The molecule has 131 heavy (non-hydrogen) atoms. The molecule has 17 N–H and O–H groups in total. The topological polar surface area (TPSA) is 566 Å². The fraction of sp³-hybridized carbons (Fsp3) is 0.879. The predicted octanol–water partition coefficient (Wildman–Crippen LogP) is -4.22. The summed E-state index contributed by atoms with van der Waals surface area (Å²) in [6.45, 7) is 8.06. The Kier molecular flexibility index (Phi) is 50.6. The van der Waals surface area contributed by atoms with Crippen LogP contribution < -0.4 is 71.9 Å². The third-order valence-electron chi connectivity index (χ3n) is 28.1. The van der Waals surface area contributed by atoms with Gasteiger partial charge in [0.1, 0.15) is 73.1 Å². The predicted molar refractivity (Wildman–Crippen MR) is 468 cm³/mol. The second-order valence-corrected chi connectivity index (χ2v) is 37.5. The van der Waals surface area contributed by atoms with Gasteiger partial charge < -0.3 is 141 Å². The molecule has 0 spiro atoms. The van der Waals surface area contributed by atoms with Crippen molar-refractivity contribution in [3.8, 4) is 0 Å². The number of carbonyl (C=O) groups excluding carboxylic acids is 11. The van der Waals surface area contributed by atoms with E-state index in [4.69, 9.17) is 28.4 Å². The SMILES string of the molecule is CC(=O)NC1C(OCCCCC(=O)NCCCCCC(=O)N2CCC(C(CCC(=O)NCCCCCC(=O)N3C[C@H]4CC(C[O-])(CO)C[C@@H]4C3)(C3CCN(C(=O)CCCCCNC(=O)CCCCOC4OC(CO)C(O)C(O)C4NC(C)=O)CC3)C3CCN(C(=O)CCCCCNC(=O)CCCCOC4OC(CO)C(O)C(O)C4NC(C)=O)CC3)CC2)OC(CO)C(O)C1O.[Na+]. The molecule has 11 amide bonds. The molecule has 8 rings (SSSR count). The summed E-state index contributed by atoms with van der Waals surface area (Å²) in [5, 5.41) is 133. The Morgan fingerprint density at radius 2 is 0.634 bits per heavy atom. The smallest absolute Gasteiger partial charge is 0.854 e. The summed E-state index contributed by atoms with van der Waals surface area (Å²) < 4.78 is 34.2. The summed E-state index contributed by atoms with van der Waals surface area (Å²) >= 11 is 0. The molecule has 0 aromatic carbocycles. The zero-order valence-corrected chi connectivity index (χ0v) is 80.0. The van der Waals surface area contributed by atoms with E-state index in [0.717, 1.165) is 6.42 Å². The van der Waals surface area contributed by atoms with Gasteiger partial charge in [-0.1, -0.05) is 25.7 Å². The number of amides is 11. The van der Waals surface area contributed by atoms with E-state index in [-0.39, 0.29) is 165 Å². The van der Waals surface area contributed by atoms with Crippen LogP contribution in [0.3, 0.4) is 0 Å². The number of hydrogen-bond donors (Lipinski definition) is 17. The summed E-state index contributed by atoms with van der Waals surface area (Å²) in [7, 11) is 0. The molecule has 8 aliphatic rings. The maximum atomic E-state index is 14.4. The standard InChI is InChI=1S/C91H156N11O28.Na/c1-59(108)96-78-84(122)81(119)67(54-103)128-87(78)125-47-19-12-22-70(111)92-37-15-4-8-25-74(115)99-41-30-64(31-42-99)91(36-29-73(114)95-40-18-7-11-28-77(118)102-52-62-50-90(57-106,58-107)51-63(62)53-102,65-32-43-100(44-33-65)75(116)26-9-5-16-38-93-71(112)23-13-20-48-126-88-79(97-60(2)109)85(123)82(120)68(55-104)129-88)66-34-45-101(46-35-66)76(117)27-10-6-17-39-94-72(113)24-14-21-49-127-89-80(98-61(3)110)86(124)83(121)69(56-105)130-89;/h62-69,78-89,103-106,119-124H,4-58H2,1-3H3,(H,92,111)(H,93,112)(H,94,113)(H,95,114)(H,96,108)(H,97,109)(H,98,110);/q-1;+1/t62-,63-,67?,68?,69?,78?,79?,80?,81?,82?,83?,84?,85?,86?,87?,88?,89?,91?;/m1./s1. The van der Waals surface area contributed by atoms with Crippen LogP contribution >= 0.6 is 0 Å². The van der Waals surface area contributed by atoms with Gasteiger partial charge in [0.25, 0.3) is 0 Å². The average molecular weight is 1880 g/mol. The van der Waals surface area contributed by atoms with E-state index in [1.54, 1.807) is 0 Å². The Bertz CT molecular complexity index is 3170. The van der Waals surface area contributed by atoms with E-state index >= 15 is 0 Å². The Hall–Kier alpha value is -5.51. The van der Waals surface area contributed by atoms with Gasteiger partial charge >= 0.3 is 29.6 Å². The van der Waals surface area contributed by atoms with Crippen molar-refractivity contribution in [2.75, 3.05) is 131 Å². The molecule has 7 heterocycles. The minimum absolute atomic E-state index is 0. The molecule has 7 aliphatic heterocycles. The van der Waals surface area contributed by atoms with Crippen molar-refractivity contribution in [3.63, 3.8) is 0 Å². The maximum Gasteiger partial charge on any atom is 1.00 e. The van der Waals surface area contributed by atoms with Crippen LogP contribution in [0.25, 0.3) is 0 Å². The molecular formula is C91H156N11NaO28. The summed E-state index contributed by atoms with van der Waals surface area (Å²) in [5.41, 5.74) is -1.00. The van der Waals surface area contributed by atoms with Gasteiger partial charge in [0.2, 0.25) is 65.0 Å². The van der Waals surface area contributed by atoms with Crippen molar-refractivity contribution < 1.29 is 167 Å². The third-order valence-corrected chi connectivity index (χ3v) is 28.1. The first-order chi connectivity index (χ1) is 62.5. The first kappa shape index (κ1) is 112. The van der Waals surface area contributed by atoms with Crippen LogP contribution in [0.5, 0.6) is 0 Å². The molecule has 1 aliphatic carbocycles. The van der Waals surface area contributed by atoms with Gasteiger partial charge in [-0.25, -0.2) is 0 Å². The van der Waals surface area contributed by atoms with Gasteiger partial charge in [0.15, 0.2) is 18.9 Å². The molecule has 0 aromatic rings. The van der Waals surface area contributed by atoms with Crippen molar-refractivity contribution in [3.05, 3.63) is 0 Å². The molecule has 0 aromatic heterocycles. The van der Waals surface area contributed by atoms with E-state index in [1.165, 1.54) is 20.8 Å². The second-order valence-electron chi connectivity index (χ2n) is 37.5. The minimum Gasteiger partial charge on any atom is -0.854 e. The maximum absolute atomic E-state index is 14.4. The number of carbonyl (C=O) groups is 11. The van der Waals surface area contributed by atoms with Gasteiger partial charge in [0.05, 0.1) is 19.8 Å². The molecular weight excluding hydrogens is 1720 g/mol. The van der Waals surface area contributed by atoms with Gasteiger partial charge in [-0.05, 0) is 188 Å². The van der Waals surface area contributed by atoms with Crippen LogP contribution in [0.15, 0.2) is 0 Å². The first-order valence-corrected chi connectivity index (χ1v) is 48.4. The van der Waals surface area contributed by atoms with E-state index in [9.17, 15) is 109 Å². The number of likely N-dealkylation sites (tertiary alicyclic amines) is 4. The van der Waals surface area contributed by atoms with Gasteiger partial charge in [0, 0.05) is 177 Å². The van der Waals surface area contributed by atoms with Crippen LogP contribution in [0, 0.1) is 40.4 Å². The molecule has 0 bridgehead atoms.